The first-order chi connectivity index (χ1) is 14.5. The lowest BCUT2D eigenvalue weighted by Crippen LogP contribution is -2.45. The molecule has 2 heterocycles. The van der Waals surface area contributed by atoms with Crippen molar-refractivity contribution in [3.63, 3.8) is 0 Å². The van der Waals surface area contributed by atoms with E-state index in [4.69, 9.17) is 14.2 Å². The van der Waals surface area contributed by atoms with Crippen LogP contribution in [0.4, 0.5) is 0 Å². The maximum atomic E-state index is 12.5. The van der Waals surface area contributed by atoms with Crippen LogP contribution in [-0.2, 0) is 14.8 Å². The summed E-state index contributed by atoms with van der Waals surface area (Å²) in [6.07, 6.45) is 1.09. The van der Waals surface area contributed by atoms with Crippen molar-refractivity contribution in [3.8, 4) is 17.2 Å². The van der Waals surface area contributed by atoms with E-state index in [1.807, 2.05) is 12.1 Å². The second-order valence-corrected chi connectivity index (χ2v) is 9.02. The minimum atomic E-state index is -3.43. The number of carbonyl (C=O) groups is 1. The molecule has 2 aliphatic rings. The highest BCUT2D eigenvalue weighted by atomic mass is 32.2. The fourth-order valence-electron chi connectivity index (χ4n) is 3.39. The number of hydrogen-bond donors (Lipinski definition) is 1. The van der Waals surface area contributed by atoms with E-state index in [0.717, 1.165) is 12.8 Å². The van der Waals surface area contributed by atoms with Gasteiger partial charge >= 0.3 is 0 Å². The Morgan fingerprint density at radius 2 is 1.77 bits per heavy atom. The number of nitrogens with zero attached hydrogens (tertiary/aromatic N) is 1. The van der Waals surface area contributed by atoms with E-state index in [0.29, 0.717) is 30.3 Å². The number of ether oxygens (including phenoxy) is 3. The number of sulfonamides is 1. The summed E-state index contributed by atoms with van der Waals surface area (Å²) in [5, 5.41) is 2.75. The molecular weight excluding hydrogens is 408 g/mol. The number of rotatable bonds is 7. The molecule has 0 bridgehead atoms. The zero-order chi connectivity index (χ0) is 21.0. The van der Waals surface area contributed by atoms with E-state index in [1.165, 1.54) is 4.31 Å². The molecule has 0 spiro atoms. The van der Waals surface area contributed by atoms with Crippen molar-refractivity contribution < 1.29 is 27.4 Å². The summed E-state index contributed by atoms with van der Waals surface area (Å²) in [7, 11) is -3.43. The van der Waals surface area contributed by atoms with Crippen molar-refractivity contribution in [2.45, 2.75) is 23.8 Å². The summed E-state index contributed by atoms with van der Waals surface area (Å²) >= 11 is 0. The third kappa shape index (κ3) is 4.52. The lowest BCUT2D eigenvalue weighted by molar-refractivity contribution is -0.130. The van der Waals surface area contributed by atoms with Gasteiger partial charge in [-0.3, -0.25) is 4.79 Å². The molecule has 0 aliphatic carbocycles. The monoisotopic (exact) mass is 432 g/mol. The van der Waals surface area contributed by atoms with Gasteiger partial charge in [-0.05, 0) is 49.2 Å². The maximum absolute atomic E-state index is 12.5. The van der Waals surface area contributed by atoms with Crippen molar-refractivity contribution in [2.75, 3.05) is 32.8 Å². The van der Waals surface area contributed by atoms with Crippen LogP contribution in [0, 0.1) is 0 Å². The Bertz CT molecular complexity index is 987. The van der Waals surface area contributed by atoms with Crippen molar-refractivity contribution in [2.24, 2.45) is 0 Å². The smallest absolute Gasteiger partial charge is 0.264 e. The minimum Gasteiger partial charge on any atom is -0.492 e. The van der Waals surface area contributed by atoms with Gasteiger partial charge in [0.2, 0.25) is 16.1 Å². The number of carbonyl (C=O) groups excluding carboxylic acids is 1. The lowest BCUT2D eigenvalue weighted by atomic mass is 10.2. The normalized spacial score (nSPS) is 18.7. The molecule has 2 aromatic rings. The average Bonchev–Trinajstić information content (AvgIpc) is 3.32. The molecule has 1 unspecified atom stereocenters. The molecule has 2 aliphatic heterocycles. The Morgan fingerprint density at radius 1 is 1.07 bits per heavy atom. The fraction of sp³-hybridized carbons (Fsp3) is 0.381. The predicted molar refractivity (Wildman–Crippen MR) is 109 cm³/mol. The molecule has 2 aromatic carbocycles. The number of para-hydroxylation sites is 2. The molecule has 1 amide bonds. The van der Waals surface area contributed by atoms with Crippen LogP contribution in [0.3, 0.4) is 0 Å². The van der Waals surface area contributed by atoms with Crippen LogP contribution in [0.15, 0.2) is 53.4 Å². The molecule has 0 radical (unpaired) electrons. The first kappa shape index (κ1) is 20.5. The predicted octanol–water partition coefficient (Wildman–Crippen LogP) is 1.81. The first-order valence-corrected chi connectivity index (χ1v) is 11.4. The first-order valence-electron chi connectivity index (χ1n) is 9.93. The maximum Gasteiger partial charge on any atom is 0.264 e. The summed E-state index contributed by atoms with van der Waals surface area (Å²) in [5.74, 6) is 1.43. The Balaban J connectivity index is 1.22. The summed E-state index contributed by atoms with van der Waals surface area (Å²) in [4.78, 5) is 12.5. The minimum absolute atomic E-state index is 0.149. The molecule has 4 rings (SSSR count). The van der Waals surface area contributed by atoms with Crippen molar-refractivity contribution >= 4 is 15.9 Å². The molecular formula is C21H24N2O6S. The number of fused-ring (bicyclic) bond motifs is 1. The number of nitrogens with one attached hydrogen (secondary N) is 1. The van der Waals surface area contributed by atoms with Crippen molar-refractivity contribution in [1.82, 2.24) is 9.62 Å². The number of benzene rings is 2. The van der Waals surface area contributed by atoms with E-state index in [-0.39, 0.29) is 30.6 Å². The van der Waals surface area contributed by atoms with Gasteiger partial charge in [-0.25, -0.2) is 8.42 Å². The van der Waals surface area contributed by atoms with Crippen LogP contribution < -0.4 is 19.5 Å². The van der Waals surface area contributed by atoms with Gasteiger partial charge in [0.05, 0.1) is 11.4 Å². The molecule has 160 valence electrons. The average molecular weight is 432 g/mol. The molecule has 30 heavy (non-hydrogen) atoms. The van der Waals surface area contributed by atoms with Gasteiger partial charge in [0.15, 0.2) is 11.5 Å². The van der Waals surface area contributed by atoms with Gasteiger partial charge in [0.1, 0.15) is 19.0 Å². The van der Waals surface area contributed by atoms with Crippen molar-refractivity contribution in [1.29, 1.82) is 0 Å². The number of hydrogen-bond acceptors (Lipinski definition) is 6. The highest BCUT2D eigenvalue weighted by Gasteiger charge is 2.28. The van der Waals surface area contributed by atoms with Gasteiger partial charge in [-0.2, -0.15) is 4.31 Å². The third-order valence-electron chi connectivity index (χ3n) is 5.00. The second-order valence-electron chi connectivity index (χ2n) is 7.09. The van der Waals surface area contributed by atoms with Crippen LogP contribution in [0.1, 0.15) is 12.8 Å². The molecule has 8 nitrogen and oxygen atoms in total. The highest BCUT2D eigenvalue weighted by Crippen LogP contribution is 2.30. The van der Waals surface area contributed by atoms with E-state index >= 15 is 0 Å². The van der Waals surface area contributed by atoms with Gasteiger partial charge < -0.3 is 19.5 Å². The lowest BCUT2D eigenvalue weighted by Gasteiger charge is -2.25. The highest BCUT2D eigenvalue weighted by molar-refractivity contribution is 7.89. The molecule has 1 N–H and O–H groups in total. The summed E-state index contributed by atoms with van der Waals surface area (Å²) in [6.45, 7) is 1.82. The Kier molecular flexibility index (Phi) is 6.10. The standard InChI is InChI=1S/C21H24N2O6S/c24-21(20-15-28-18-5-1-2-6-19(18)29-20)22-11-14-27-16-7-9-17(10-8-16)30(25,26)23-12-3-4-13-23/h1-2,5-10,20H,3-4,11-15H2,(H,22,24). The summed E-state index contributed by atoms with van der Waals surface area (Å²) < 4.78 is 43.3. The molecule has 1 fully saturated rings. The van der Waals surface area contributed by atoms with Crippen LogP contribution in [0.5, 0.6) is 17.2 Å². The van der Waals surface area contributed by atoms with Crippen LogP contribution in [-0.4, -0.2) is 57.6 Å². The molecule has 1 atom stereocenters. The van der Waals surface area contributed by atoms with Gasteiger partial charge in [-0.15, -0.1) is 0 Å². The topological polar surface area (TPSA) is 94.2 Å². The van der Waals surface area contributed by atoms with E-state index < -0.39 is 16.1 Å². The zero-order valence-electron chi connectivity index (χ0n) is 16.5. The Hall–Kier alpha value is -2.78. The summed E-state index contributed by atoms with van der Waals surface area (Å²) in [5.41, 5.74) is 0. The van der Waals surface area contributed by atoms with Gasteiger partial charge in [0.25, 0.3) is 5.91 Å². The molecule has 9 heteroatoms. The summed E-state index contributed by atoms with van der Waals surface area (Å²) in [6, 6.07) is 13.6. The Labute approximate surface area is 175 Å². The van der Waals surface area contributed by atoms with Gasteiger partial charge in [-0.1, -0.05) is 12.1 Å². The largest absolute Gasteiger partial charge is 0.492 e. The van der Waals surface area contributed by atoms with E-state index in [9.17, 15) is 13.2 Å². The zero-order valence-corrected chi connectivity index (χ0v) is 17.3. The number of amides is 1. The second kappa shape index (κ2) is 8.93. The van der Waals surface area contributed by atoms with E-state index in [2.05, 4.69) is 5.32 Å². The van der Waals surface area contributed by atoms with Crippen LogP contribution in [0.25, 0.3) is 0 Å². The third-order valence-corrected chi connectivity index (χ3v) is 6.91. The molecule has 1 saturated heterocycles. The van der Waals surface area contributed by atoms with Crippen LogP contribution in [0.2, 0.25) is 0 Å². The fourth-order valence-corrected chi connectivity index (χ4v) is 4.91. The van der Waals surface area contributed by atoms with E-state index in [1.54, 1.807) is 36.4 Å². The molecule has 0 aromatic heterocycles. The van der Waals surface area contributed by atoms with Crippen LogP contribution >= 0.6 is 0 Å². The quantitative estimate of drug-likeness (QED) is 0.671. The van der Waals surface area contributed by atoms with Gasteiger partial charge in [0, 0.05) is 13.1 Å². The molecule has 0 saturated carbocycles. The SMILES string of the molecule is O=C(NCCOc1ccc(S(=O)(=O)N2CCCC2)cc1)C1COc2ccccc2O1. The van der Waals surface area contributed by atoms with Crippen molar-refractivity contribution in [3.05, 3.63) is 48.5 Å². The Morgan fingerprint density at radius 3 is 2.50 bits per heavy atom.